The molecule has 124 valence electrons. The number of aromatic nitrogens is 2. The minimum atomic E-state index is -0.307. The lowest BCUT2D eigenvalue weighted by Crippen LogP contribution is -2.44. The first-order valence-electron chi connectivity index (χ1n) is 8.14. The number of amides is 1. The van der Waals surface area contributed by atoms with E-state index in [2.05, 4.69) is 41.3 Å². The van der Waals surface area contributed by atoms with Gasteiger partial charge in [-0.2, -0.15) is 0 Å². The molecule has 0 saturated carbocycles. The molecule has 1 aliphatic heterocycles. The number of carbonyl (C=O) groups excluding carboxylic acids is 1. The van der Waals surface area contributed by atoms with Crippen LogP contribution in [0.15, 0.2) is 12.1 Å². The van der Waals surface area contributed by atoms with Crippen LogP contribution in [-0.4, -0.2) is 51.6 Å². The number of aliphatic hydroxyl groups is 1. The third-order valence-corrected chi connectivity index (χ3v) is 4.45. The van der Waals surface area contributed by atoms with Gasteiger partial charge in [-0.1, -0.05) is 0 Å². The molecule has 1 aromatic carbocycles. The lowest BCUT2D eigenvalue weighted by atomic mass is 10.1. The molecule has 23 heavy (non-hydrogen) atoms. The van der Waals surface area contributed by atoms with Crippen molar-refractivity contribution in [3.63, 3.8) is 0 Å². The third-order valence-electron chi connectivity index (χ3n) is 4.45. The molecule has 6 heteroatoms. The van der Waals surface area contributed by atoms with E-state index in [0.717, 1.165) is 36.2 Å². The van der Waals surface area contributed by atoms with Crippen molar-refractivity contribution in [3.05, 3.63) is 29.1 Å². The van der Waals surface area contributed by atoms with Crippen LogP contribution in [0.1, 0.15) is 29.8 Å². The predicted molar refractivity (Wildman–Crippen MR) is 89.1 cm³/mol. The molecule has 0 unspecified atom stereocenters. The molecule has 1 aliphatic rings. The van der Waals surface area contributed by atoms with Crippen LogP contribution in [0.5, 0.6) is 0 Å². The maximum Gasteiger partial charge on any atom is 0.234 e. The van der Waals surface area contributed by atoms with Crippen molar-refractivity contribution < 1.29 is 9.90 Å². The summed E-state index contributed by atoms with van der Waals surface area (Å²) in [4.78, 5) is 21.8. The largest absolute Gasteiger partial charge is 0.392 e. The Balaban J connectivity index is 1.56. The van der Waals surface area contributed by atoms with Crippen LogP contribution in [0.25, 0.3) is 11.0 Å². The molecule has 1 saturated heterocycles. The monoisotopic (exact) mass is 316 g/mol. The highest BCUT2D eigenvalue weighted by Gasteiger charge is 2.19. The minimum Gasteiger partial charge on any atom is -0.392 e. The first-order valence-corrected chi connectivity index (χ1v) is 8.14. The maximum absolute atomic E-state index is 12.0. The number of benzene rings is 1. The number of nitrogens with one attached hydrogen (secondary N) is 2. The van der Waals surface area contributed by atoms with Gasteiger partial charge in [-0.25, -0.2) is 4.98 Å². The highest BCUT2D eigenvalue weighted by molar-refractivity contribution is 5.79. The Kier molecular flexibility index (Phi) is 4.63. The van der Waals surface area contributed by atoms with Gasteiger partial charge in [0.25, 0.3) is 0 Å². The number of piperidine rings is 1. The molecule has 1 atom stereocenters. The number of carbonyl (C=O) groups is 1. The third kappa shape index (κ3) is 3.89. The van der Waals surface area contributed by atoms with Gasteiger partial charge in [-0.3, -0.25) is 9.69 Å². The molecule has 3 N–H and O–H groups in total. The van der Waals surface area contributed by atoms with E-state index in [4.69, 9.17) is 0 Å². The van der Waals surface area contributed by atoms with Gasteiger partial charge in [-0.05, 0) is 56.5 Å². The topological polar surface area (TPSA) is 81.2 Å². The molecular formula is C17H24N4O2. The van der Waals surface area contributed by atoms with Gasteiger partial charge in [-0.15, -0.1) is 0 Å². The van der Waals surface area contributed by atoms with Crippen LogP contribution in [0.4, 0.5) is 0 Å². The lowest BCUT2D eigenvalue weighted by molar-refractivity contribution is -0.123. The Labute approximate surface area is 135 Å². The number of aryl methyl sites for hydroxylation is 2. The number of hydrogen-bond donors (Lipinski definition) is 3. The second-order valence-electron chi connectivity index (χ2n) is 6.45. The lowest BCUT2D eigenvalue weighted by Gasteiger charge is -2.29. The summed E-state index contributed by atoms with van der Waals surface area (Å²) in [6.07, 6.45) is 1.46. The summed E-state index contributed by atoms with van der Waals surface area (Å²) in [5.41, 5.74) is 4.36. The number of rotatable bonds is 4. The number of nitrogens with zero attached hydrogens (tertiary/aromatic N) is 2. The SMILES string of the molecule is Cc1cc2nc(CNC(=O)CN3CCC[C@@H](O)C3)[nH]c2cc1C. The Morgan fingerprint density at radius 2 is 2.22 bits per heavy atom. The van der Waals surface area contributed by atoms with Crippen molar-refractivity contribution in [2.45, 2.75) is 39.3 Å². The van der Waals surface area contributed by atoms with Gasteiger partial charge in [0.1, 0.15) is 5.82 Å². The van der Waals surface area contributed by atoms with Gasteiger partial charge in [0, 0.05) is 6.54 Å². The molecular weight excluding hydrogens is 292 g/mol. The fraction of sp³-hybridized carbons (Fsp3) is 0.529. The van der Waals surface area contributed by atoms with E-state index >= 15 is 0 Å². The molecule has 0 radical (unpaired) electrons. The van der Waals surface area contributed by atoms with E-state index in [1.807, 2.05) is 4.90 Å². The second-order valence-corrected chi connectivity index (χ2v) is 6.45. The van der Waals surface area contributed by atoms with Gasteiger partial charge < -0.3 is 15.4 Å². The van der Waals surface area contributed by atoms with Crippen molar-refractivity contribution in [1.29, 1.82) is 0 Å². The van der Waals surface area contributed by atoms with Crippen molar-refractivity contribution in [2.75, 3.05) is 19.6 Å². The average molecular weight is 316 g/mol. The highest BCUT2D eigenvalue weighted by Crippen LogP contribution is 2.17. The summed E-state index contributed by atoms with van der Waals surface area (Å²) in [6.45, 7) is 6.31. The number of aliphatic hydroxyl groups excluding tert-OH is 1. The van der Waals surface area contributed by atoms with Gasteiger partial charge in [0.05, 0.1) is 30.2 Å². The summed E-state index contributed by atoms with van der Waals surface area (Å²) in [7, 11) is 0. The van der Waals surface area contributed by atoms with Crippen molar-refractivity contribution in [3.8, 4) is 0 Å². The van der Waals surface area contributed by atoms with Crippen LogP contribution in [-0.2, 0) is 11.3 Å². The van der Waals surface area contributed by atoms with E-state index < -0.39 is 0 Å². The van der Waals surface area contributed by atoms with Gasteiger partial charge >= 0.3 is 0 Å². The van der Waals surface area contributed by atoms with E-state index in [1.165, 1.54) is 11.1 Å². The number of H-pyrrole nitrogens is 1. The van der Waals surface area contributed by atoms with Crippen molar-refractivity contribution in [1.82, 2.24) is 20.2 Å². The van der Waals surface area contributed by atoms with Crippen molar-refractivity contribution >= 4 is 16.9 Å². The minimum absolute atomic E-state index is 0.0353. The van der Waals surface area contributed by atoms with E-state index in [9.17, 15) is 9.90 Å². The molecule has 2 aromatic rings. The molecule has 0 spiro atoms. The molecule has 1 amide bonds. The summed E-state index contributed by atoms with van der Waals surface area (Å²) < 4.78 is 0. The Bertz CT molecular complexity index is 671. The number of hydrogen-bond acceptors (Lipinski definition) is 4. The van der Waals surface area contributed by atoms with E-state index in [1.54, 1.807) is 0 Å². The number of imidazole rings is 1. The van der Waals surface area contributed by atoms with E-state index in [-0.39, 0.29) is 12.0 Å². The first-order chi connectivity index (χ1) is 11.0. The summed E-state index contributed by atoms with van der Waals surface area (Å²) in [6, 6.07) is 4.14. The smallest absolute Gasteiger partial charge is 0.234 e. The standard InChI is InChI=1S/C17H24N4O2/c1-11-6-14-15(7-12(11)2)20-16(19-14)8-18-17(23)10-21-5-3-4-13(22)9-21/h6-7,13,22H,3-5,8-10H2,1-2H3,(H,18,23)(H,19,20)/t13-/m1/s1. The summed E-state index contributed by atoms with van der Waals surface area (Å²) >= 11 is 0. The Hall–Kier alpha value is -1.92. The van der Waals surface area contributed by atoms with Crippen molar-refractivity contribution in [2.24, 2.45) is 0 Å². The number of β-amino-alcohol motifs (C(OH)–C–C–N with tert-alkyl or cyclic N) is 1. The first kappa shape index (κ1) is 16.0. The van der Waals surface area contributed by atoms with Crippen LogP contribution in [0, 0.1) is 13.8 Å². The molecule has 0 aliphatic carbocycles. The summed E-state index contributed by atoms with van der Waals surface area (Å²) in [5, 5.41) is 12.5. The molecule has 0 bridgehead atoms. The zero-order valence-electron chi connectivity index (χ0n) is 13.7. The normalized spacial score (nSPS) is 19.2. The number of aromatic amines is 1. The quantitative estimate of drug-likeness (QED) is 0.793. The fourth-order valence-electron chi connectivity index (χ4n) is 3.02. The van der Waals surface area contributed by atoms with Crippen LogP contribution < -0.4 is 5.32 Å². The molecule has 1 fully saturated rings. The highest BCUT2D eigenvalue weighted by atomic mass is 16.3. The number of likely N-dealkylation sites (tertiary alicyclic amines) is 1. The summed E-state index contributed by atoms with van der Waals surface area (Å²) in [5.74, 6) is 0.726. The molecule has 6 nitrogen and oxygen atoms in total. The van der Waals surface area contributed by atoms with Gasteiger partial charge in [0.15, 0.2) is 0 Å². The molecule has 2 heterocycles. The zero-order valence-corrected chi connectivity index (χ0v) is 13.7. The fourth-order valence-corrected chi connectivity index (χ4v) is 3.02. The Morgan fingerprint density at radius 1 is 1.43 bits per heavy atom. The Morgan fingerprint density at radius 3 is 3.00 bits per heavy atom. The van der Waals surface area contributed by atoms with E-state index in [0.29, 0.717) is 19.6 Å². The molecule has 1 aromatic heterocycles. The van der Waals surface area contributed by atoms with Crippen LogP contribution in [0.3, 0.4) is 0 Å². The van der Waals surface area contributed by atoms with Crippen LogP contribution in [0.2, 0.25) is 0 Å². The molecule has 3 rings (SSSR count). The predicted octanol–water partition coefficient (Wildman–Crippen LogP) is 1.25. The van der Waals surface area contributed by atoms with Gasteiger partial charge in [0.2, 0.25) is 5.91 Å². The van der Waals surface area contributed by atoms with Crippen LogP contribution >= 0.6 is 0 Å². The second kappa shape index (κ2) is 6.68. The number of fused-ring (bicyclic) bond motifs is 1. The zero-order chi connectivity index (χ0) is 16.4. The average Bonchev–Trinajstić information content (AvgIpc) is 2.87. The maximum atomic E-state index is 12.0.